The second-order valence-electron chi connectivity index (χ2n) is 6.49. The van der Waals surface area contributed by atoms with Crippen LogP contribution in [0.25, 0.3) is 10.9 Å². The number of hydrogen-bond donors (Lipinski definition) is 1. The molecule has 0 radical (unpaired) electrons. The minimum absolute atomic E-state index is 0.250. The van der Waals surface area contributed by atoms with Crippen molar-refractivity contribution in [1.82, 2.24) is 9.88 Å². The van der Waals surface area contributed by atoms with Crippen LogP contribution in [0.5, 0.6) is 0 Å². The minimum Gasteiger partial charge on any atom is -0.370 e. The number of carbonyl (C=O) groups excluding carboxylic acids is 1. The first-order valence-electron chi connectivity index (χ1n) is 8.45. The molecule has 1 aliphatic rings. The predicted octanol–water partition coefficient (Wildman–Crippen LogP) is 3.58. The molecule has 1 aromatic heterocycles. The fourth-order valence-electron chi connectivity index (χ4n) is 3.21. The predicted molar refractivity (Wildman–Crippen MR) is 94.9 cm³/mol. The zero-order valence-corrected chi connectivity index (χ0v) is 14.3. The third-order valence-electron chi connectivity index (χ3n) is 4.82. The molecular weight excluding hydrogens is 286 g/mol. The van der Waals surface area contributed by atoms with Gasteiger partial charge in [-0.05, 0) is 56.4 Å². The van der Waals surface area contributed by atoms with Gasteiger partial charge in [0.05, 0.1) is 5.52 Å². The van der Waals surface area contributed by atoms with Crippen molar-refractivity contribution >= 4 is 22.6 Å². The Bertz CT molecular complexity index is 733. The van der Waals surface area contributed by atoms with E-state index in [1.165, 1.54) is 22.1 Å². The van der Waals surface area contributed by atoms with Crippen LogP contribution in [0.3, 0.4) is 0 Å². The number of aromatic nitrogens is 1. The van der Waals surface area contributed by atoms with Crippen LogP contribution in [0.15, 0.2) is 18.2 Å². The smallest absolute Gasteiger partial charge is 0.224 e. The highest BCUT2D eigenvalue weighted by molar-refractivity contribution is 5.87. The normalized spacial score (nSPS) is 14.5. The van der Waals surface area contributed by atoms with E-state index in [2.05, 4.69) is 44.3 Å². The van der Waals surface area contributed by atoms with E-state index in [-0.39, 0.29) is 5.91 Å². The molecule has 0 unspecified atom stereocenters. The van der Waals surface area contributed by atoms with E-state index >= 15 is 0 Å². The molecule has 0 spiro atoms. The summed E-state index contributed by atoms with van der Waals surface area (Å²) in [6.45, 7) is 8.82. The summed E-state index contributed by atoms with van der Waals surface area (Å²) in [6.07, 6.45) is 2.82. The lowest BCUT2D eigenvalue weighted by Gasteiger charge is -2.16. The molecule has 3 rings (SSSR count). The van der Waals surface area contributed by atoms with Gasteiger partial charge in [-0.3, -0.25) is 4.79 Å². The maximum Gasteiger partial charge on any atom is 0.224 e. The number of nitrogens with one attached hydrogen (secondary N) is 1. The van der Waals surface area contributed by atoms with E-state index in [1.54, 1.807) is 0 Å². The maximum atomic E-state index is 12.1. The Morgan fingerprint density at radius 3 is 2.65 bits per heavy atom. The van der Waals surface area contributed by atoms with Crippen LogP contribution in [0.4, 0.5) is 5.82 Å². The van der Waals surface area contributed by atoms with Crippen molar-refractivity contribution < 1.29 is 4.79 Å². The SMILES string of the molecule is Cc1ccc2c(C)cc(NCCC(=O)N3CCCC3)nc2c1C. The van der Waals surface area contributed by atoms with Gasteiger partial charge in [0.15, 0.2) is 0 Å². The highest BCUT2D eigenvalue weighted by Gasteiger charge is 2.17. The molecule has 1 N–H and O–H groups in total. The van der Waals surface area contributed by atoms with Crippen LogP contribution < -0.4 is 5.32 Å². The Kier molecular flexibility index (Phi) is 4.51. The number of hydrogen-bond acceptors (Lipinski definition) is 3. The fourth-order valence-corrected chi connectivity index (χ4v) is 3.21. The molecule has 4 nitrogen and oxygen atoms in total. The molecular formula is C19H25N3O. The Balaban J connectivity index is 1.70. The average molecular weight is 311 g/mol. The molecule has 0 bridgehead atoms. The van der Waals surface area contributed by atoms with Crippen molar-refractivity contribution in [2.24, 2.45) is 0 Å². The quantitative estimate of drug-likeness (QED) is 0.938. The highest BCUT2D eigenvalue weighted by atomic mass is 16.2. The number of amides is 1. The molecule has 0 saturated carbocycles. The largest absolute Gasteiger partial charge is 0.370 e. The van der Waals surface area contributed by atoms with Gasteiger partial charge in [-0.1, -0.05) is 12.1 Å². The van der Waals surface area contributed by atoms with Gasteiger partial charge in [-0.25, -0.2) is 4.98 Å². The number of carbonyl (C=O) groups is 1. The summed E-state index contributed by atoms with van der Waals surface area (Å²) < 4.78 is 0. The van der Waals surface area contributed by atoms with Crippen LogP contribution in [-0.2, 0) is 4.79 Å². The van der Waals surface area contributed by atoms with Crippen LogP contribution in [0.2, 0.25) is 0 Å². The number of fused-ring (bicyclic) bond motifs is 1. The molecule has 4 heteroatoms. The Morgan fingerprint density at radius 2 is 1.91 bits per heavy atom. The van der Waals surface area contributed by atoms with Gasteiger partial charge in [0.25, 0.3) is 0 Å². The van der Waals surface area contributed by atoms with Gasteiger partial charge in [-0.15, -0.1) is 0 Å². The Morgan fingerprint density at radius 1 is 1.17 bits per heavy atom. The van der Waals surface area contributed by atoms with Crippen LogP contribution >= 0.6 is 0 Å². The second-order valence-corrected chi connectivity index (χ2v) is 6.49. The maximum absolute atomic E-state index is 12.1. The van der Waals surface area contributed by atoms with Crippen molar-refractivity contribution in [2.75, 3.05) is 25.0 Å². The summed E-state index contributed by atoms with van der Waals surface area (Å²) in [5.41, 5.74) is 4.75. The average Bonchev–Trinajstić information content (AvgIpc) is 3.06. The third kappa shape index (κ3) is 3.31. The van der Waals surface area contributed by atoms with Crippen LogP contribution in [0, 0.1) is 20.8 Å². The van der Waals surface area contributed by atoms with Crippen molar-refractivity contribution in [1.29, 1.82) is 0 Å². The first kappa shape index (κ1) is 15.8. The summed E-state index contributed by atoms with van der Waals surface area (Å²) in [4.78, 5) is 18.8. The summed E-state index contributed by atoms with van der Waals surface area (Å²) in [7, 11) is 0. The molecule has 0 aliphatic carbocycles. The van der Waals surface area contributed by atoms with E-state index in [1.807, 2.05) is 4.90 Å². The minimum atomic E-state index is 0.250. The molecule has 2 aromatic rings. The molecule has 122 valence electrons. The first-order valence-corrected chi connectivity index (χ1v) is 8.45. The summed E-state index contributed by atoms with van der Waals surface area (Å²) in [6, 6.07) is 6.35. The third-order valence-corrected chi connectivity index (χ3v) is 4.82. The van der Waals surface area contributed by atoms with Crippen LogP contribution in [-0.4, -0.2) is 35.4 Å². The lowest BCUT2D eigenvalue weighted by molar-refractivity contribution is -0.129. The zero-order valence-electron chi connectivity index (χ0n) is 14.3. The van der Waals surface area contributed by atoms with Crippen molar-refractivity contribution in [3.8, 4) is 0 Å². The molecule has 1 amide bonds. The topological polar surface area (TPSA) is 45.2 Å². The standard InChI is InChI=1S/C19H25N3O/c1-13-6-7-16-14(2)12-17(21-19(16)15(13)3)20-9-8-18(23)22-10-4-5-11-22/h6-7,12H,4-5,8-11H2,1-3H3,(H,20,21). The second kappa shape index (κ2) is 6.57. The molecule has 1 saturated heterocycles. The van der Waals surface area contributed by atoms with Gasteiger partial charge in [0.1, 0.15) is 5.82 Å². The molecule has 2 heterocycles. The number of nitrogens with zero attached hydrogens (tertiary/aromatic N) is 2. The Labute approximate surface area is 137 Å². The Hall–Kier alpha value is -2.10. The van der Waals surface area contributed by atoms with E-state index in [0.717, 1.165) is 37.3 Å². The number of likely N-dealkylation sites (tertiary alicyclic amines) is 1. The number of rotatable bonds is 4. The number of pyridine rings is 1. The van der Waals surface area contributed by atoms with Gasteiger partial charge in [-0.2, -0.15) is 0 Å². The number of anilines is 1. The molecule has 1 fully saturated rings. The van der Waals surface area contributed by atoms with Crippen molar-refractivity contribution in [3.05, 3.63) is 34.9 Å². The molecule has 1 aliphatic heterocycles. The monoisotopic (exact) mass is 311 g/mol. The summed E-state index contributed by atoms with van der Waals surface area (Å²) in [5.74, 6) is 1.11. The molecule has 0 atom stereocenters. The first-order chi connectivity index (χ1) is 11.1. The number of benzene rings is 1. The van der Waals surface area contributed by atoms with Gasteiger partial charge < -0.3 is 10.2 Å². The zero-order chi connectivity index (χ0) is 16.4. The van der Waals surface area contributed by atoms with Crippen LogP contribution in [0.1, 0.15) is 36.0 Å². The van der Waals surface area contributed by atoms with Gasteiger partial charge in [0, 0.05) is 31.4 Å². The summed E-state index contributed by atoms with van der Waals surface area (Å²) >= 11 is 0. The molecule has 23 heavy (non-hydrogen) atoms. The number of aryl methyl sites for hydroxylation is 3. The van der Waals surface area contributed by atoms with Crippen molar-refractivity contribution in [2.45, 2.75) is 40.0 Å². The van der Waals surface area contributed by atoms with E-state index in [0.29, 0.717) is 13.0 Å². The van der Waals surface area contributed by atoms with E-state index < -0.39 is 0 Å². The highest BCUT2D eigenvalue weighted by Crippen LogP contribution is 2.25. The van der Waals surface area contributed by atoms with Gasteiger partial charge >= 0.3 is 0 Å². The fraction of sp³-hybridized carbons (Fsp3) is 0.474. The molecule has 1 aromatic carbocycles. The van der Waals surface area contributed by atoms with E-state index in [9.17, 15) is 4.79 Å². The lowest BCUT2D eigenvalue weighted by atomic mass is 10.0. The van der Waals surface area contributed by atoms with Gasteiger partial charge in [0.2, 0.25) is 5.91 Å². The summed E-state index contributed by atoms with van der Waals surface area (Å²) in [5, 5.41) is 4.52. The van der Waals surface area contributed by atoms with E-state index in [4.69, 9.17) is 4.98 Å². The van der Waals surface area contributed by atoms with Crippen molar-refractivity contribution in [3.63, 3.8) is 0 Å². The lowest BCUT2D eigenvalue weighted by Crippen LogP contribution is -2.29.